The topological polar surface area (TPSA) is 57.2 Å². The van der Waals surface area contributed by atoms with Gasteiger partial charge in [-0.3, -0.25) is 4.98 Å². The summed E-state index contributed by atoms with van der Waals surface area (Å²) in [6.45, 7) is 3.28. The van der Waals surface area contributed by atoms with Gasteiger partial charge in [0.1, 0.15) is 0 Å². The summed E-state index contributed by atoms with van der Waals surface area (Å²) >= 11 is 0. The van der Waals surface area contributed by atoms with E-state index in [1.807, 2.05) is 19.3 Å². The lowest BCUT2D eigenvalue weighted by Gasteiger charge is -2.15. The SMILES string of the molecule is CCC(CCO)CNc1cncc(NC)c1. The zero-order valence-corrected chi connectivity index (χ0v) is 10.0. The molecule has 4 heteroatoms. The van der Waals surface area contributed by atoms with Crippen molar-refractivity contribution in [2.45, 2.75) is 19.8 Å². The van der Waals surface area contributed by atoms with Crippen LogP contribution >= 0.6 is 0 Å². The molecule has 4 nitrogen and oxygen atoms in total. The van der Waals surface area contributed by atoms with E-state index in [4.69, 9.17) is 5.11 Å². The van der Waals surface area contributed by atoms with E-state index in [0.717, 1.165) is 30.8 Å². The van der Waals surface area contributed by atoms with Crippen LogP contribution in [-0.2, 0) is 0 Å². The van der Waals surface area contributed by atoms with E-state index in [0.29, 0.717) is 5.92 Å². The van der Waals surface area contributed by atoms with Gasteiger partial charge in [-0.05, 0) is 18.4 Å². The second-order valence-corrected chi connectivity index (χ2v) is 3.88. The van der Waals surface area contributed by atoms with E-state index in [9.17, 15) is 0 Å². The number of aromatic nitrogens is 1. The van der Waals surface area contributed by atoms with Crippen LogP contribution in [0.2, 0.25) is 0 Å². The van der Waals surface area contributed by atoms with Crippen LogP contribution in [0.3, 0.4) is 0 Å². The first kappa shape index (κ1) is 12.8. The summed E-state index contributed by atoms with van der Waals surface area (Å²) in [5, 5.41) is 15.3. The minimum atomic E-state index is 0.259. The highest BCUT2D eigenvalue weighted by atomic mass is 16.3. The van der Waals surface area contributed by atoms with Crippen LogP contribution in [0.5, 0.6) is 0 Å². The third kappa shape index (κ3) is 4.06. The van der Waals surface area contributed by atoms with Gasteiger partial charge >= 0.3 is 0 Å². The number of hydrogen-bond donors (Lipinski definition) is 3. The zero-order valence-electron chi connectivity index (χ0n) is 10.0. The summed E-state index contributed by atoms with van der Waals surface area (Å²) in [6.07, 6.45) is 5.53. The van der Waals surface area contributed by atoms with Crippen LogP contribution in [0.4, 0.5) is 11.4 Å². The minimum absolute atomic E-state index is 0.259. The molecule has 0 bridgehead atoms. The molecule has 90 valence electrons. The number of pyridine rings is 1. The third-order valence-electron chi connectivity index (χ3n) is 2.74. The molecule has 0 saturated carbocycles. The predicted octanol–water partition coefficient (Wildman–Crippen LogP) is 1.94. The van der Waals surface area contributed by atoms with Gasteiger partial charge in [-0.25, -0.2) is 0 Å². The van der Waals surface area contributed by atoms with Gasteiger partial charge in [0.05, 0.1) is 23.8 Å². The molecule has 0 fully saturated rings. The zero-order chi connectivity index (χ0) is 11.8. The van der Waals surface area contributed by atoms with E-state index in [1.165, 1.54) is 0 Å². The number of anilines is 2. The number of aliphatic hydroxyl groups is 1. The fourth-order valence-corrected chi connectivity index (χ4v) is 1.57. The largest absolute Gasteiger partial charge is 0.396 e. The van der Waals surface area contributed by atoms with E-state index in [2.05, 4.69) is 22.5 Å². The number of nitrogens with zero attached hydrogens (tertiary/aromatic N) is 1. The molecule has 0 aliphatic carbocycles. The first-order valence-electron chi connectivity index (χ1n) is 5.77. The fraction of sp³-hybridized carbons (Fsp3) is 0.583. The molecular formula is C12H21N3O. The quantitative estimate of drug-likeness (QED) is 0.661. The minimum Gasteiger partial charge on any atom is -0.396 e. The van der Waals surface area contributed by atoms with Gasteiger partial charge in [-0.2, -0.15) is 0 Å². The molecule has 0 aliphatic rings. The summed E-state index contributed by atoms with van der Waals surface area (Å²) in [6, 6.07) is 2.03. The standard InChI is InChI=1S/C12H21N3O/c1-3-10(4-5-16)7-15-12-6-11(13-2)8-14-9-12/h6,8-10,13,15-16H,3-5,7H2,1-2H3. The number of aliphatic hydroxyl groups excluding tert-OH is 1. The first-order valence-corrected chi connectivity index (χ1v) is 5.77. The molecule has 0 radical (unpaired) electrons. The number of nitrogens with one attached hydrogen (secondary N) is 2. The summed E-state index contributed by atoms with van der Waals surface area (Å²) in [5.41, 5.74) is 2.02. The Balaban J connectivity index is 2.46. The Bertz CT molecular complexity index is 304. The molecule has 1 heterocycles. The number of hydrogen-bond acceptors (Lipinski definition) is 4. The highest BCUT2D eigenvalue weighted by Crippen LogP contribution is 2.14. The van der Waals surface area contributed by atoms with Crippen molar-refractivity contribution in [2.75, 3.05) is 30.8 Å². The molecule has 1 atom stereocenters. The van der Waals surface area contributed by atoms with Crippen molar-refractivity contribution in [3.05, 3.63) is 18.5 Å². The van der Waals surface area contributed by atoms with Crippen LogP contribution in [0.1, 0.15) is 19.8 Å². The Labute approximate surface area is 97.1 Å². The maximum atomic E-state index is 8.90. The van der Waals surface area contributed by atoms with E-state index < -0.39 is 0 Å². The van der Waals surface area contributed by atoms with Crippen LogP contribution in [-0.4, -0.2) is 30.3 Å². The van der Waals surface area contributed by atoms with Crippen molar-refractivity contribution < 1.29 is 5.11 Å². The van der Waals surface area contributed by atoms with Crippen molar-refractivity contribution in [2.24, 2.45) is 5.92 Å². The van der Waals surface area contributed by atoms with Gasteiger partial charge in [-0.1, -0.05) is 13.3 Å². The van der Waals surface area contributed by atoms with Gasteiger partial charge in [0.25, 0.3) is 0 Å². The van der Waals surface area contributed by atoms with E-state index in [-0.39, 0.29) is 6.61 Å². The normalized spacial score (nSPS) is 12.2. The molecule has 0 amide bonds. The summed E-state index contributed by atoms with van der Waals surface area (Å²) in [7, 11) is 1.88. The Hall–Kier alpha value is -1.29. The average molecular weight is 223 g/mol. The van der Waals surface area contributed by atoms with Crippen LogP contribution < -0.4 is 10.6 Å². The Morgan fingerprint density at radius 1 is 1.38 bits per heavy atom. The lowest BCUT2D eigenvalue weighted by Crippen LogP contribution is -2.15. The Kier molecular flexibility index (Phi) is 5.64. The summed E-state index contributed by atoms with van der Waals surface area (Å²) < 4.78 is 0. The molecule has 0 spiro atoms. The molecule has 1 unspecified atom stereocenters. The molecule has 16 heavy (non-hydrogen) atoms. The summed E-state index contributed by atoms with van der Waals surface area (Å²) in [5.74, 6) is 0.517. The van der Waals surface area contributed by atoms with Gasteiger partial charge in [0.2, 0.25) is 0 Å². The highest BCUT2D eigenvalue weighted by molar-refractivity contribution is 5.53. The molecule has 1 rings (SSSR count). The second kappa shape index (κ2) is 7.06. The molecule has 3 N–H and O–H groups in total. The second-order valence-electron chi connectivity index (χ2n) is 3.88. The van der Waals surface area contributed by atoms with Crippen LogP contribution in [0, 0.1) is 5.92 Å². The van der Waals surface area contributed by atoms with Gasteiger partial charge in [0, 0.05) is 20.2 Å². The smallest absolute Gasteiger partial charge is 0.0547 e. The molecule has 0 aliphatic heterocycles. The lowest BCUT2D eigenvalue weighted by molar-refractivity contribution is 0.258. The van der Waals surface area contributed by atoms with Crippen LogP contribution in [0.15, 0.2) is 18.5 Å². The van der Waals surface area contributed by atoms with Crippen molar-refractivity contribution in [1.82, 2.24) is 4.98 Å². The van der Waals surface area contributed by atoms with Crippen molar-refractivity contribution >= 4 is 11.4 Å². The first-order chi connectivity index (χ1) is 7.80. The van der Waals surface area contributed by atoms with Crippen molar-refractivity contribution in [1.29, 1.82) is 0 Å². The van der Waals surface area contributed by atoms with Crippen LogP contribution in [0.25, 0.3) is 0 Å². The maximum Gasteiger partial charge on any atom is 0.0547 e. The maximum absolute atomic E-state index is 8.90. The summed E-state index contributed by atoms with van der Waals surface area (Å²) in [4.78, 5) is 4.13. The van der Waals surface area contributed by atoms with Gasteiger partial charge in [0.15, 0.2) is 0 Å². The number of rotatable bonds is 7. The highest BCUT2D eigenvalue weighted by Gasteiger charge is 2.05. The fourth-order valence-electron chi connectivity index (χ4n) is 1.57. The average Bonchev–Trinajstić information content (AvgIpc) is 2.34. The van der Waals surface area contributed by atoms with E-state index >= 15 is 0 Å². The molecule has 0 saturated heterocycles. The molecule has 1 aromatic heterocycles. The van der Waals surface area contributed by atoms with Crippen molar-refractivity contribution in [3.8, 4) is 0 Å². The Morgan fingerprint density at radius 2 is 2.12 bits per heavy atom. The third-order valence-corrected chi connectivity index (χ3v) is 2.74. The van der Waals surface area contributed by atoms with Crippen molar-refractivity contribution in [3.63, 3.8) is 0 Å². The molecular weight excluding hydrogens is 202 g/mol. The molecule has 0 aromatic carbocycles. The van der Waals surface area contributed by atoms with Gasteiger partial charge in [-0.15, -0.1) is 0 Å². The monoisotopic (exact) mass is 223 g/mol. The van der Waals surface area contributed by atoms with E-state index in [1.54, 1.807) is 6.20 Å². The Morgan fingerprint density at radius 3 is 2.75 bits per heavy atom. The lowest BCUT2D eigenvalue weighted by atomic mass is 10.0. The van der Waals surface area contributed by atoms with Gasteiger partial charge < -0.3 is 15.7 Å². The predicted molar refractivity (Wildman–Crippen MR) is 67.8 cm³/mol. The molecule has 1 aromatic rings.